The summed E-state index contributed by atoms with van der Waals surface area (Å²) in [4.78, 5) is 10.3. The molecule has 0 aliphatic heterocycles. The summed E-state index contributed by atoms with van der Waals surface area (Å²) < 4.78 is 0. The van der Waals surface area contributed by atoms with Crippen LogP contribution < -0.4 is 0 Å². The molecule has 0 radical (unpaired) electrons. The quantitative estimate of drug-likeness (QED) is 0.188. The molecule has 0 unspecified atom stereocenters. The summed E-state index contributed by atoms with van der Waals surface area (Å²) in [6, 6.07) is 0. The van der Waals surface area contributed by atoms with Crippen LogP contribution >= 0.6 is 0 Å². The second kappa shape index (κ2) is 19.5. The SMILES string of the molecule is CCCCCCCCCCCC=CC=CC=CCCC=CC(=O)O. The van der Waals surface area contributed by atoms with Gasteiger partial charge in [0.05, 0.1) is 0 Å². The van der Waals surface area contributed by atoms with Gasteiger partial charge in [0, 0.05) is 6.08 Å². The van der Waals surface area contributed by atoms with Crippen molar-refractivity contribution >= 4 is 5.97 Å². The molecule has 0 bridgehead atoms. The fourth-order valence-corrected chi connectivity index (χ4v) is 2.43. The number of unbranched alkanes of at least 4 members (excludes halogenated alkanes) is 10. The normalized spacial score (nSPS) is 12.4. The van der Waals surface area contributed by atoms with E-state index >= 15 is 0 Å². The highest BCUT2D eigenvalue weighted by molar-refractivity contribution is 5.79. The number of allylic oxidation sites excluding steroid dienone is 7. The predicted octanol–water partition coefficient (Wildman–Crippen LogP) is 7.00. The molecule has 24 heavy (non-hydrogen) atoms. The number of hydrogen-bond donors (Lipinski definition) is 1. The summed E-state index contributed by atoms with van der Waals surface area (Å²) in [5, 5.41) is 8.43. The molecule has 0 aromatic carbocycles. The highest BCUT2D eigenvalue weighted by Crippen LogP contribution is 2.10. The number of rotatable bonds is 16. The Bertz CT molecular complexity index is 389. The lowest BCUT2D eigenvalue weighted by atomic mass is 10.1. The van der Waals surface area contributed by atoms with Crippen LogP contribution in [-0.2, 0) is 4.79 Å². The van der Waals surface area contributed by atoms with Gasteiger partial charge < -0.3 is 5.11 Å². The molecule has 0 rings (SSSR count). The van der Waals surface area contributed by atoms with Crippen molar-refractivity contribution in [3.05, 3.63) is 48.6 Å². The Morgan fingerprint density at radius 3 is 1.75 bits per heavy atom. The molecule has 0 spiro atoms. The lowest BCUT2D eigenvalue weighted by molar-refractivity contribution is -0.131. The fraction of sp³-hybridized carbons (Fsp3) is 0.591. The van der Waals surface area contributed by atoms with Crippen LogP contribution in [0.25, 0.3) is 0 Å². The van der Waals surface area contributed by atoms with Gasteiger partial charge in [-0.1, -0.05) is 101 Å². The second-order valence-corrected chi connectivity index (χ2v) is 6.18. The van der Waals surface area contributed by atoms with Gasteiger partial charge in [0.25, 0.3) is 0 Å². The molecule has 0 aliphatic rings. The molecular formula is C22H36O2. The largest absolute Gasteiger partial charge is 0.478 e. The van der Waals surface area contributed by atoms with E-state index in [1.807, 2.05) is 12.2 Å². The van der Waals surface area contributed by atoms with Crippen LogP contribution in [-0.4, -0.2) is 11.1 Å². The van der Waals surface area contributed by atoms with Gasteiger partial charge >= 0.3 is 5.97 Å². The van der Waals surface area contributed by atoms with Crippen LogP contribution in [0.3, 0.4) is 0 Å². The van der Waals surface area contributed by atoms with E-state index in [-0.39, 0.29) is 0 Å². The minimum Gasteiger partial charge on any atom is -0.478 e. The van der Waals surface area contributed by atoms with Crippen LogP contribution in [0.15, 0.2) is 48.6 Å². The molecule has 0 saturated carbocycles. The van der Waals surface area contributed by atoms with Gasteiger partial charge in [0.2, 0.25) is 0 Å². The van der Waals surface area contributed by atoms with E-state index in [9.17, 15) is 4.79 Å². The third-order valence-electron chi connectivity index (χ3n) is 3.84. The molecule has 0 atom stereocenters. The molecule has 2 nitrogen and oxygen atoms in total. The van der Waals surface area contributed by atoms with Gasteiger partial charge in [-0.25, -0.2) is 4.79 Å². The Morgan fingerprint density at radius 1 is 0.667 bits per heavy atom. The van der Waals surface area contributed by atoms with Crippen LogP contribution in [0.2, 0.25) is 0 Å². The molecule has 0 aliphatic carbocycles. The van der Waals surface area contributed by atoms with E-state index in [0.717, 1.165) is 12.8 Å². The van der Waals surface area contributed by atoms with Gasteiger partial charge in [-0.3, -0.25) is 0 Å². The number of carboxylic acid groups (broad SMARTS) is 1. The molecule has 0 amide bonds. The number of carbonyl (C=O) groups is 1. The van der Waals surface area contributed by atoms with Gasteiger partial charge in [0.1, 0.15) is 0 Å². The first kappa shape index (κ1) is 22.4. The van der Waals surface area contributed by atoms with Gasteiger partial charge in [-0.2, -0.15) is 0 Å². The van der Waals surface area contributed by atoms with Gasteiger partial charge in [0.15, 0.2) is 0 Å². The third-order valence-corrected chi connectivity index (χ3v) is 3.84. The Kier molecular flexibility index (Phi) is 18.2. The monoisotopic (exact) mass is 332 g/mol. The van der Waals surface area contributed by atoms with E-state index in [1.165, 1.54) is 70.3 Å². The Balaban J connectivity index is 3.35. The standard InChI is InChI=1S/C22H36O2/c1-2-3-4-5-6-7-8-9-10-11-12-13-14-15-16-17-18-19-20-21-22(23)24/h12-17,20-21H,2-11,18-19H2,1H3,(H,23,24). The van der Waals surface area contributed by atoms with Gasteiger partial charge in [-0.15, -0.1) is 0 Å². The summed E-state index contributed by atoms with van der Waals surface area (Å²) in [5.41, 5.74) is 0. The molecule has 0 heterocycles. The fourth-order valence-electron chi connectivity index (χ4n) is 2.43. The maximum absolute atomic E-state index is 10.3. The number of aliphatic carboxylic acids is 1. The van der Waals surface area contributed by atoms with E-state index in [1.54, 1.807) is 6.08 Å². The molecule has 1 N–H and O–H groups in total. The van der Waals surface area contributed by atoms with Crippen LogP contribution in [0.4, 0.5) is 0 Å². The van der Waals surface area contributed by atoms with Crippen molar-refractivity contribution in [3.63, 3.8) is 0 Å². The number of hydrogen-bond acceptors (Lipinski definition) is 1. The zero-order valence-corrected chi connectivity index (χ0v) is 15.5. The number of carboxylic acids is 1. The third kappa shape index (κ3) is 20.4. The van der Waals surface area contributed by atoms with E-state index in [0.29, 0.717) is 0 Å². The first-order valence-electron chi connectivity index (χ1n) is 9.65. The average molecular weight is 333 g/mol. The molecule has 0 aromatic rings. The molecule has 0 saturated heterocycles. The summed E-state index contributed by atoms with van der Waals surface area (Å²) >= 11 is 0. The smallest absolute Gasteiger partial charge is 0.327 e. The van der Waals surface area contributed by atoms with Crippen LogP contribution in [0, 0.1) is 0 Å². The van der Waals surface area contributed by atoms with Crippen LogP contribution in [0.5, 0.6) is 0 Å². The maximum atomic E-state index is 10.3. The molecule has 0 fully saturated rings. The lowest BCUT2D eigenvalue weighted by Crippen LogP contribution is -1.84. The Morgan fingerprint density at radius 2 is 1.17 bits per heavy atom. The molecule has 136 valence electrons. The molecular weight excluding hydrogens is 296 g/mol. The van der Waals surface area contributed by atoms with Crippen molar-refractivity contribution in [2.45, 2.75) is 84.0 Å². The lowest BCUT2D eigenvalue weighted by Gasteiger charge is -2.00. The zero-order chi connectivity index (χ0) is 17.7. The van der Waals surface area contributed by atoms with E-state index < -0.39 is 5.97 Å². The highest BCUT2D eigenvalue weighted by atomic mass is 16.4. The minimum absolute atomic E-state index is 0.769. The van der Waals surface area contributed by atoms with Gasteiger partial charge in [-0.05, 0) is 25.7 Å². The summed E-state index contributed by atoms with van der Waals surface area (Å²) in [6.45, 7) is 2.27. The maximum Gasteiger partial charge on any atom is 0.327 e. The van der Waals surface area contributed by atoms with Crippen molar-refractivity contribution in [3.8, 4) is 0 Å². The van der Waals surface area contributed by atoms with Crippen molar-refractivity contribution in [2.24, 2.45) is 0 Å². The Hall–Kier alpha value is -1.57. The van der Waals surface area contributed by atoms with Crippen molar-refractivity contribution in [2.75, 3.05) is 0 Å². The first-order valence-corrected chi connectivity index (χ1v) is 9.65. The van der Waals surface area contributed by atoms with Crippen LogP contribution in [0.1, 0.15) is 84.0 Å². The Labute approximate surface area is 149 Å². The van der Waals surface area contributed by atoms with Crippen molar-refractivity contribution in [1.29, 1.82) is 0 Å². The first-order chi connectivity index (χ1) is 11.8. The minimum atomic E-state index is -0.879. The average Bonchev–Trinajstić information content (AvgIpc) is 2.56. The topological polar surface area (TPSA) is 37.3 Å². The molecule has 2 heteroatoms. The predicted molar refractivity (Wildman–Crippen MR) is 105 cm³/mol. The van der Waals surface area contributed by atoms with Crippen molar-refractivity contribution in [1.82, 2.24) is 0 Å². The van der Waals surface area contributed by atoms with E-state index in [4.69, 9.17) is 5.11 Å². The van der Waals surface area contributed by atoms with E-state index in [2.05, 4.69) is 31.2 Å². The summed E-state index contributed by atoms with van der Waals surface area (Å²) in [7, 11) is 0. The second-order valence-electron chi connectivity index (χ2n) is 6.18. The molecule has 0 aromatic heterocycles. The zero-order valence-electron chi connectivity index (χ0n) is 15.5. The summed E-state index contributed by atoms with van der Waals surface area (Å²) in [6.07, 6.45) is 30.6. The summed E-state index contributed by atoms with van der Waals surface area (Å²) in [5.74, 6) is -0.879. The van der Waals surface area contributed by atoms with Crippen molar-refractivity contribution < 1.29 is 9.90 Å². The highest BCUT2D eigenvalue weighted by Gasteiger charge is 1.90.